The summed E-state index contributed by atoms with van der Waals surface area (Å²) >= 11 is 5.89. The van der Waals surface area contributed by atoms with Crippen molar-refractivity contribution in [1.82, 2.24) is 0 Å². The largest absolute Gasteiger partial charge is 0.495 e. The molecule has 1 rings (SSSR count). The second-order valence-electron chi connectivity index (χ2n) is 4.85. The van der Waals surface area contributed by atoms with Gasteiger partial charge in [-0.05, 0) is 25.0 Å². The van der Waals surface area contributed by atoms with Crippen molar-refractivity contribution in [1.29, 1.82) is 0 Å². The van der Waals surface area contributed by atoms with E-state index in [1.165, 1.54) is 25.3 Å². The van der Waals surface area contributed by atoms with E-state index in [1.54, 1.807) is 13.8 Å². The molecule has 1 aromatic rings. The van der Waals surface area contributed by atoms with E-state index in [9.17, 15) is 17.7 Å². The van der Waals surface area contributed by atoms with Crippen LogP contribution in [0.4, 0.5) is 13.2 Å². The summed E-state index contributed by atoms with van der Waals surface area (Å²) in [7, 11) is -2.62. The van der Waals surface area contributed by atoms with Crippen molar-refractivity contribution in [3.63, 3.8) is 0 Å². The Morgan fingerprint density at radius 2 is 1.88 bits per heavy atom. The molecule has 0 amide bonds. The molecule has 1 aromatic carbocycles. The molecule has 1 unspecified atom stereocenters. The van der Waals surface area contributed by atoms with Crippen LogP contribution >= 0.6 is 19.2 Å². The minimum atomic E-state index is -4.61. The molecular weight excluding hydrogens is 372 g/mol. The third-order valence-electron chi connectivity index (χ3n) is 3.12. The highest BCUT2D eigenvalue weighted by atomic mass is 35.5. The lowest BCUT2D eigenvalue weighted by Gasteiger charge is -2.24. The Balaban J connectivity index is 2.99. The van der Waals surface area contributed by atoms with E-state index in [2.05, 4.69) is 9.56 Å². The molecule has 0 aliphatic carbocycles. The maximum absolute atomic E-state index is 12.9. The van der Waals surface area contributed by atoms with E-state index in [0.717, 1.165) is 0 Å². The lowest BCUT2D eigenvalue weighted by atomic mass is 10.3. The van der Waals surface area contributed by atoms with Crippen molar-refractivity contribution in [3.8, 4) is 11.5 Å². The van der Waals surface area contributed by atoms with Gasteiger partial charge >= 0.3 is 13.8 Å². The summed E-state index contributed by atoms with van der Waals surface area (Å²) in [5.41, 5.74) is -0.632. The van der Waals surface area contributed by atoms with Crippen molar-refractivity contribution < 1.29 is 36.6 Å². The lowest BCUT2D eigenvalue weighted by molar-refractivity contribution is -0.286. The molecule has 138 valence electrons. The number of ether oxygens (including phenoxy) is 1. The number of hydrogen-bond acceptors (Lipinski definition) is 5. The first-order chi connectivity index (χ1) is 11.1. The molecule has 0 radical (unpaired) electrons. The Morgan fingerprint density at radius 3 is 2.38 bits per heavy atom. The third kappa shape index (κ3) is 6.16. The Bertz CT molecular complexity index is 578. The van der Waals surface area contributed by atoms with Crippen LogP contribution in [0.3, 0.4) is 0 Å². The molecular formula is C14H19ClF3O5P. The van der Waals surface area contributed by atoms with Gasteiger partial charge in [0.15, 0.2) is 6.61 Å². The molecule has 0 aliphatic heterocycles. The van der Waals surface area contributed by atoms with E-state index in [1.807, 2.05) is 0 Å². The van der Waals surface area contributed by atoms with Crippen molar-refractivity contribution >= 4 is 19.2 Å². The number of alkyl halides is 3. The van der Waals surface area contributed by atoms with Gasteiger partial charge in [0, 0.05) is 6.07 Å². The standard InChI is InChI=1S/C14H19ClF3O5P/c1-4-11(5-2)24(19,23-21-9-14(16,17)18)22-10-6-7-12(15)13(8-10)20-3/h6-8,11H,4-5,9H2,1-3H3. The second kappa shape index (κ2) is 8.94. The van der Waals surface area contributed by atoms with E-state index in [4.69, 9.17) is 20.9 Å². The van der Waals surface area contributed by atoms with Gasteiger partial charge in [0.1, 0.15) is 11.5 Å². The van der Waals surface area contributed by atoms with Crippen LogP contribution < -0.4 is 9.26 Å². The van der Waals surface area contributed by atoms with Crippen molar-refractivity contribution in [3.05, 3.63) is 23.2 Å². The zero-order valence-electron chi connectivity index (χ0n) is 13.4. The van der Waals surface area contributed by atoms with Crippen LogP contribution in [-0.2, 0) is 14.1 Å². The summed E-state index contributed by atoms with van der Waals surface area (Å²) < 4.78 is 64.5. The molecule has 0 fully saturated rings. The lowest BCUT2D eigenvalue weighted by Crippen LogP contribution is -2.20. The molecule has 0 aliphatic rings. The first-order valence-electron chi connectivity index (χ1n) is 7.16. The fourth-order valence-electron chi connectivity index (χ4n) is 1.90. The minimum absolute atomic E-state index is 0.0853. The van der Waals surface area contributed by atoms with Crippen molar-refractivity contribution in [2.45, 2.75) is 38.5 Å². The summed E-state index contributed by atoms with van der Waals surface area (Å²) in [4.78, 5) is 4.13. The molecule has 0 aromatic heterocycles. The molecule has 1 atom stereocenters. The Labute approximate surface area is 143 Å². The number of methoxy groups -OCH3 is 1. The molecule has 0 saturated carbocycles. The van der Waals surface area contributed by atoms with Crippen LogP contribution in [0.1, 0.15) is 26.7 Å². The minimum Gasteiger partial charge on any atom is -0.495 e. The number of halogens is 4. The predicted octanol–water partition coefficient (Wildman–Crippen LogP) is 5.62. The van der Waals surface area contributed by atoms with E-state index in [-0.39, 0.29) is 11.5 Å². The van der Waals surface area contributed by atoms with Crippen LogP contribution in [0.2, 0.25) is 5.02 Å². The van der Waals surface area contributed by atoms with Gasteiger partial charge < -0.3 is 9.26 Å². The summed E-state index contributed by atoms with van der Waals surface area (Å²) in [5, 5.41) is 0.302. The topological polar surface area (TPSA) is 54.0 Å². The Kier molecular flexibility index (Phi) is 7.86. The maximum atomic E-state index is 12.9. The van der Waals surface area contributed by atoms with Crippen molar-refractivity contribution in [2.24, 2.45) is 0 Å². The monoisotopic (exact) mass is 390 g/mol. The first kappa shape index (κ1) is 21.1. The molecule has 5 nitrogen and oxygen atoms in total. The third-order valence-corrected chi connectivity index (χ3v) is 5.84. The fraction of sp³-hybridized carbons (Fsp3) is 0.571. The van der Waals surface area contributed by atoms with Gasteiger partial charge in [-0.25, -0.2) is 9.45 Å². The first-order valence-corrected chi connectivity index (χ1v) is 9.15. The van der Waals surface area contributed by atoms with Gasteiger partial charge in [0.2, 0.25) is 0 Å². The highest BCUT2D eigenvalue weighted by molar-refractivity contribution is 7.54. The van der Waals surface area contributed by atoms with E-state index >= 15 is 0 Å². The van der Waals surface area contributed by atoms with Crippen molar-refractivity contribution in [2.75, 3.05) is 13.7 Å². The quantitative estimate of drug-likeness (QED) is 0.311. The van der Waals surface area contributed by atoms with Gasteiger partial charge in [-0.1, -0.05) is 25.4 Å². The normalized spacial score (nSPS) is 14.5. The highest BCUT2D eigenvalue weighted by Gasteiger charge is 2.39. The summed E-state index contributed by atoms with van der Waals surface area (Å²) in [6, 6.07) is 4.22. The van der Waals surface area contributed by atoms with Crippen LogP contribution in [0.5, 0.6) is 11.5 Å². The fourth-order valence-corrected chi connectivity index (χ4v) is 3.89. The molecule has 0 heterocycles. The van der Waals surface area contributed by atoms with Gasteiger partial charge in [0.05, 0.1) is 17.8 Å². The van der Waals surface area contributed by atoms with Gasteiger partial charge in [0.25, 0.3) is 0 Å². The molecule has 0 saturated heterocycles. The zero-order chi connectivity index (χ0) is 18.4. The summed E-state index contributed by atoms with van der Waals surface area (Å²) in [6.07, 6.45) is -3.87. The number of hydrogen-bond donors (Lipinski definition) is 0. The average Bonchev–Trinajstić information content (AvgIpc) is 2.49. The van der Waals surface area contributed by atoms with Crippen LogP contribution in [-0.4, -0.2) is 25.6 Å². The summed E-state index contributed by atoms with van der Waals surface area (Å²) in [6.45, 7) is 1.75. The Hall–Kier alpha value is -0.950. The Morgan fingerprint density at radius 1 is 1.25 bits per heavy atom. The summed E-state index contributed by atoms with van der Waals surface area (Å²) in [5.74, 6) is 0.351. The predicted molar refractivity (Wildman–Crippen MR) is 83.7 cm³/mol. The number of benzene rings is 1. The zero-order valence-corrected chi connectivity index (χ0v) is 15.1. The van der Waals surface area contributed by atoms with Crippen LogP contribution in [0.15, 0.2) is 18.2 Å². The van der Waals surface area contributed by atoms with E-state index < -0.39 is 26.0 Å². The van der Waals surface area contributed by atoms with E-state index in [0.29, 0.717) is 17.9 Å². The molecule has 0 bridgehead atoms. The van der Waals surface area contributed by atoms with Crippen LogP contribution in [0.25, 0.3) is 0 Å². The van der Waals surface area contributed by atoms with Gasteiger partial charge in [-0.3, -0.25) is 0 Å². The molecule has 0 spiro atoms. The average molecular weight is 391 g/mol. The van der Waals surface area contributed by atoms with Crippen LogP contribution in [0, 0.1) is 0 Å². The maximum Gasteiger partial charge on any atom is 0.414 e. The highest BCUT2D eigenvalue weighted by Crippen LogP contribution is 2.56. The molecule has 24 heavy (non-hydrogen) atoms. The van der Waals surface area contributed by atoms with Gasteiger partial charge in [-0.15, -0.1) is 4.67 Å². The van der Waals surface area contributed by atoms with Gasteiger partial charge in [-0.2, -0.15) is 13.2 Å². The smallest absolute Gasteiger partial charge is 0.414 e. The molecule has 0 N–H and O–H groups in total. The second-order valence-corrected chi connectivity index (χ2v) is 7.40. The SMILES string of the molecule is CCC(CC)P(=O)(OOCC(F)(F)F)Oc1ccc(Cl)c(OC)c1. The molecule has 10 heteroatoms. The number of rotatable bonds is 9.